The highest BCUT2D eigenvalue weighted by atomic mass is 16.3. The number of phenolic OH excluding ortho intramolecular Hbond substituents is 1. The second kappa shape index (κ2) is 9.39. The summed E-state index contributed by atoms with van der Waals surface area (Å²) in [5.41, 5.74) is 3.36. The Morgan fingerprint density at radius 1 is 1.00 bits per heavy atom. The molecule has 0 amide bonds. The number of carbonyl (C=O) groups is 2. The molecule has 0 aliphatic heterocycles. The molecule has 1 rings (SSSR count). The van der Waals surface area contributed by atoms with E-state index in [4.69, 9.17) is 0 Å². The highest BCUT2D eigenvalue weighted by molar-refractivity contribution is 5.99. The lowest BCUT2D eigenvalue weighted by atomic mass is 9.95. The number of aldehydes is 1. The third-order valence-corrected chi connectivity index (χ3v) is 4.40. The number of ketones is 1. The van der Waals surface area contributed by atoms with Crippen molar-refractivity contribution in [3.8, 4) is 5.75 Å². The highest BCUT2D eigenvalue weighted by Gasteiger charge is 2.15. The lowest BCUT2D eigenvalue weighted by Gasteiger charge is -2.12. The maximum Gasteiger partial charge on any atom is 0.166 e. The molecule has 1 aromatic rings. The molecule has 0 heterocycles. The van der Waals surface area contributed by atoms with Gasteiger partial charge in [-0.15, -0.1) is 0 Å². The van der Waals surface area contributed by atoms with Crippen LogP contribution in [0.4, 0.5) is 0 Å². The largest absolute Gasteiger partial charge is 0.507 e. The van der Waals surface area contributed by atoms with Gasteiger partial charge in [0, 0.05) is 12.8 Å². The average Bonchev–Trinajstić information content (AvgIpc) is 2.51. The number of rotatable bonds is 10. The van der Waals surface area contributed by atoms with Gasteiger partial charge in [0.1, 0.15) is 12.0 Å². The zero-order valence-electron chi connectivity index (χ0n) is 14.1. The Morgan fingerprint density at radius 2 is 1.59 bits per heavy atom. The summed E-state index contributed by atoms with van der Waals surface area (Å²) in [7, 11) is 0. The van der Waals surface area contributed by atoms with Gasteiger partial charge in [0.15, 0.2) is 5.78 Å². The van der Waals surface area contributed by atoms with E-state index in [0.29, 0.717) is 18.4 Å². The summed E-state index contributed by atoms with van der Waals surface area (Å²) in [5.74, 6) is 0.173. The highest BCUT2D eigenvalue weighted by Crippen LogP contribution is 2.29. The molecule has 0 fully saturated rings. The van der Waals surface area contributed by atoms with E-state index in [-0.39, 0.29) is 11.5 Å². The van der Waals surface area contributed by atoms with Crippen molar-refractivity contribution >= 4 is 12.1 Å². The quantitative estimate of drug-likeness (QED) is 0.383. The van der Waals surface area contributed by atoms with E-state index in [2.05, 4.69) is 0 Å². The minimum atomic E-state index is 0.0321. The Balaban J connectivity index is 2.39. The van der Waals surface area contributed by atoms with Crippen LogP contribution < -0.4 is 0 Å². The molecule has 0 bridgehead atoms. The van der Waals surface area contributed by atoms with Crippen LogP contribution >= 0.6 is 0 Å². The molecule has 1 aromatic carbocycles. The number of benzene rings is 1. The summed E-state index contributed by atoms with van der Waals surface area (Å²) < 4.78 is 0. The van der Waals surface area contributed by atoms with Gasteiger partial charge in [-0.3, -0.25) is 4.79 Å². The fourth-order valence-electron chi connectivity index (χ4n) is 2.64. The summed E-state index contributed by atoms with van der Waals surface area (Å²) in [5, 5.41) is 10.1. The van der Waals surface area contributed by atoms with Crippen molar-refractivity contribution < 1.29 is 14.7 Å². The molecule has 0 saturated heterocycles. The first-order valence-electron chi connectivity index (χ1n) is 8.25. The van der Waals surface area contributed by atoms with Crippen LogP contribution in [0.3, 0.4) is 0 Å². The number of Topliss-reactive ketones (excluding diaryl/α,β-unsaturated/α-hetero) is 1. The van der Waals surface area contributed by atoms with Crippen molar-refractivity contribution in [2.24, 2.45) is 0 Å². The van der Waals surface area contributed by atoms with Crippen LogP contribution in [0.25, 0.3) is 0 Å². The molecular formula is C19H28O3. The molecule has 1 N–H and O–H groups in total. The smallest absolute Gasteiger partial charge is 0.166 e. The number of hydrogen-bond acceptors (Lipinski definition) is 3. The topological polar surface area (TPSA) is 54.4 Å². The minimum absolute atomic E-state index is 0.0321. The molecule has 0 saturated carbocycles. The Kier molecular flexibility index (Phi) is 7.86. The molecule has 22 heavy (non-hydrogen) atoms. The standard InChI is InChI=1S/C19H28O3/c1-14-13-17(19(22)16(3)15(14)2)18(21)11-9-7-5-4-6-8-10-12-20/h12-13,22H,4-11H2,1-3H3. The molecule has 122 valence electrons. The number of phenols is 1. The van der Waals surface area contributed by atoms with Crippen LogP contribution in [0.5, 0.6) is 5.75 Å². The van der Waals surface area contributed by atoms with Crippen LogP contribution in [-0.2, 0) is 4.79 Å². The monoisotopic (exact) mass is 304 g/mol. The lowest BCUT2D eigenvalue weighted by molar-refractivity contribution is -0.107. The van der Waals surface area contributed by atoms with Crippen molar-refractivity contribution in [2.75, 3.05) is 0 Å². The summed E-state index contributed by atoms with van der Waals surface area (Å²) in [6, 6.07) is 1.80. The molecule has 0 aliphatic carbocycles. The van der Waals surface area contributed by atoms with Gasteiger partial charge >= 0.3 is 0 Å². The van der Waals surface area contributed by atoms with Crippen molar-refractivity contribution in [1.82, 2.24) is 0 Å². The Morgan fingerprint density at radius 3 is 2.23 bits per heavy atom. The summed E-state index contributed by atoms with van der Waals surface area (Å²) >= 11 is 0. The first kappa shape index (κ1) is 18.4. The third-order valence-electron chi connectivity index (χ3n) is 4.40. The number of unbranched alkanes of at least 4 members (excludes halogenated alkanes) is 6. The predicted octanol–water partition coefficient (Wildman–Crippen LogP) is 4.82. The molecular weight excluding hydrogens is 276 g/mol. The summed E-state index contributed by atoms with van der Waals surface area (Å²) in [6.45, 7) is 5.79. The van der Waals surface area contributed by atoms with E-state index in [1.54, 1.807) is 6.07 Å². The fraction of sp³-hybridized carbons (Fsp3) is 0.579. The summed E-state index contributed by atoms with van der Waals surface area (Å²) in [6.07, 6.45) is 8.28. The molecule has 0 aliphatic rings. The van der Waals surface area contributed by atoms with Gasteiger partial charge in [0.25, 0.3) is 0 Å². The second-order valence-electron chi connectivity index (χ2n) is 6.09. The Labute approximate surface area is 133 Å². The third kappa shape index (κ3) is 5.28. The van der Waals surface area contributed by atoms with Crippen LogP contribution in [-0.4, -0.2) is 17.2 Å². The lowest BCUT2D eigenvalue weighted by Crippen LogP contribution is -2.03. The molecule has 0 radical (unpaired) electrons. The first-order chi connectivity index (χ1) is 10.5. The Bertz CT molecular complexity index is 518. The minimum Gasteiger partial charge on any atom is -0.507 e. The number of carbonyl (C=O) groups excluding carboxylic acids is 2. The zero-order valence-corrected chi connectivity index (χ0v) is 14.1. The molecule has 0 aromatic heterocycles. The Hall–Kier alpha value is -1.64. The van der Waals surface area contributed by atoms with Crippen LogP contribution in [0, 0.1) is 20.8 Å². The first-order valence-corrected chi connectivity index (χ1v) is 8.25. The van der Waals surface area contributed by atoms with Crippen LogP contribution in [0.15, 0.2) is 6.07 Å². The van der Waals surface area contributed by atoms with Gasteiger partial charge in [-0.25, -0.2) is 0 Å². The van der Waals surface area contributed by atoms with E-state index < -0.39 is 0 Å². The van der Waals surface area contributed by atoms with Crippen molar-refractivity contribution in [1.29, 1.82) is 0 Å². The van der Waals surface area contributed by atoms with Crippen LogP contribution in [0.1, 0.15) is 78.4 Å². The maximum absolute atomic E-state index is 12.3. The number of hydrogen-bond donors (Lipinski definition) is 1. The van der Waals surface area contributed by atoms with Gasteiger partial charge in [0.05, 0.1) is 5.56 Å². The normalized spacial score (nSPS) is 10.7. The second-order valence-corrected chi connectivity index (χ2v) is 6.09. The average molecular weight is 304 g/mol. The van der Waals surface area contributed by atoms with E-state index >= 15 is 0 Å². The van der Waals surface area contributed by atoms with Gasteiger partial charge < -0.3 is 9.90 Å². The maximum atomic E-state index is 12.3. The van der Waals surface area contributed by atoms with Crippen molar-refractivity contribution in [3.63, 3.8) is 0 Å². The van der Waals surface area contributed by atoms with Crippen molar-refractivity contribution in [3.05, 3.63) is 28.3 Å². The predicted molar refractivity (Wildman–Crippen MR) is 89.6 cm³/mol. The van der Waals surface area contributed by atoms with E-state index in [0.717, 1.165) is 61.5 Å². The molecule has 3 nitrogen and oxygen atoms in total. The molecule has 0 unspecified atom stereocenters. The van der Waals surface area contributed by atoms with E-state index in [1.165, 1.54) is 0 Å². The molecule has 0 spiro atoms. The van der Waals surface area contributed by atoms with Gasteiger partial charge in [0.2, 0.25) is 0 Å². The SMILES string of the molecule is Cc1cc(C(=O)CCCCCCCCC=O)c(O)c(C)c1C. The summed E-state index contributed by atoms with van der Waals surface area (Å²) in [4.78, 5) is 22.4. The van der Waals surface area contributed by atoms with Gasteiger partial charge in [-0.1, -0.05) is 25.7 Å². The molecule has 3 heteroatoms. The van der Waals surface area contributed by atoms with Gasteiger partial charge in [-0.05, 0) is 56.4 Å². The van der Waals surface area contributed by atoms with Gasteiger partial charge in [-0.2, -0.15) is 0 Å². The van der Waals surface area contributed by atoms with E-state index in [1.807, 2.05) is 20.8 Å². The molecule has 0 atom stereocenters. The fourth-order valence-corrected chi connectivity index (χ4v) is 2.64. The van der Waals surface area contributed by atoms with Crippen LogP contribution in [0.2, 0.25) is 0 Å². The zero-order chi connectivity index (χ0) is 16.5. The van der Waals surface area contributed by atoms with E-state index in [9.17, 15) is 14.7 Å². The number of aryl methyl sites for hydroxylation is 1. The number of aromatic hydroxyl groups is 1. The van der Waals surface area contributed by atoms with Crippen molar-refractivity contribution in [2.45, 2.75) is 72.1 Å².